The van der Waals surface area contributed by atoms with Crippen LogP contribution in [0.25, 0.3) is 0 Å². The molecule has 2 N–H and O–H groups in total. The van der Waals surface area contributed by atoms with Gasteiger partial charge in [-0.05, 0) is 35.4 Å². The Morgan fingerprint density at radius 2 is 1.23 bits per heavy atom. The quantitative estimate of drug-likeness (QED) is 0.848. The number of hydrogen-bond acceptors (Lipinski definition) is 3. The van der Waals surface area contributed by atoms with Crippen molar-refractivity contribution >= 4 is 11.8 Å². The summed E-state index contributed by atoms with van der Waals surface area (Å²) in [6.07, 6.45) is 0. The zero-order valence-corrected chi connectivity index (χ0v) is 14.1. The van der Waals surface area contributed by atoms with Crippen molar-refractivity contribution in [3.63, 3.8) is 0 Å². The third kappa shape index (κ3) is 3.88. The average molecular weight is 359 g/mol. The highest BCUT2D eigenvalue weighted by Crippen LogP contribution is 2.30. The molecule has 3 rings (SSSR count). The fourth-order valence-electron chi connectivity index (χ4n) is 3.24. The van der Waals surface area contributed by atoms with Gasteiger partial charge in [0.25, 0.3) is 0 Å². The molecule has 0 radical (unpaired) electrons. The lowest BCUT2D eigenvalue weighted by molar-refractivity contribution is -0.145. The fourth-order valence-corrected chi connectivity index (χ4v) is 3.24. The van der Waals surface area contributed by atoms with Crippen molar-refractivity contribution < 1.29 is 18.4 Å². The summed E-state index contributed by atoms with van der Waals surface area (Å²) in [5, 5.41) is 0. The van der Waals surface area contributed by atoms with E-state index in [0.29, 0.717) is 26.2 Å². The van der Waals surface area contributed by atoms with E-state index in [-0.39, 0.29) is 17.7 Å². The minimum absolute atomic E-state index is 0.206. The van der Waals surface area contributed by atoms with Crippen molar-refractivity contribution in [2.24, 2.45) is 5.73 Å². The van der Waals surface area contributed by atoms with Crippen LogP contribution in [0.1, 0.15) is 17.2 Å². The lowest BCUT2D eigenvalue weighted by Crippen LogP contribution is -2.52. The number of hydrogen-bond donors (Lipinski definition) is 1. The molecule has 0 saturated carbocycles. The van der Waals surface area contributed by atoms with Crippen LogP contribution in [-0.4, -0.2) is 47.8 Å². The first kappa shape index (κ1) is 18.0. The molecule has 0 aromatic heterocycles. The van der Waals surface area contributed by atoms with Gasteiger partial charge in [0, 0.05) is 26.2 Å². The Morgan fingerprint density at radius 3 is 1.62 bits per heavy atom. The van der Waals surface area contributed by atoms with Gasteiger partial charge in [0.1, 0.15) is 11.6 Å². The van der Waals surface area contributed by atoms with E-state index in [1.807, 2.05) is 0 Å². The summed E-state index contributed by atoms with van der Waals surface area (Å²) in [5.74, 6) is -2.32. The molecule has 1 aliphatic heterocycles. The molecule has 1 heterocycles. The number of piperazine rings is 1. The second-order valence-corrected chi connectivity index (χ2v) is 6.20. The molecule has 0 unspecified atom stereocenters. The van der Waals surface area contributed by atoms with Crippen LogP contribution >= 0.6 is 0 Å². The van der Waals surface area contributed by atoms with Gasteiger partial charge in [0.15, 0.2) is 0 Å². The number of nitrogens with zero attached hydrogens (tertiary/aromatic N) is 2. The molecule has 7 heteroatoms. The Morgan fingerprint density at radius 1 is 0.808 bits per heavy atom. The van der Waals surface area contributed by atoms with Gasteiger partial charge in [0.2, 0.25) is 0 Å². The van der Waals surface area contributed by atoms with Crippen molar-refractivity contribution in [3.05, 3.63) is 71.3 Å². The summed E-state index contributed by atoms with van der Waals surface area (Å²) in [7, 11) is 0. The standard InChI is InChI=1S/C19H19F2N3O2/c20-15-5-1-13(2-6-15)17(14-3-7-16(21)8-4-14)23-9-11-24(12-10-23)19(26)18(22)25/h1-8,17H,9-12H2,(H2,22,25). The number of primary amides is 1. The minimum atomic E-state index is -0.966. The molecule has 1 saturated heterocycles. The SMILES string of the molecule is NC(=O)C(=O)N1CCN(C(c2ccc(F)cc2)c2ccc(F)cc2)CC1. The number of carbonyl (C=O) groups is 2. The second kappa shape index (κ2) is 7.61. The first-order chi connectivity index (χ1) is 12.5. The molecule has 1 fully saturated rings. The predicted octanol–water partition coefficient (Wildman–Crippen LogP) is 1.68. The summed E-state index contributed by atoms with van der Waals surface area (Å²) in [6.45, 7) is 1.75. The van der Waals surface area contributed by atoms with Gasteiger partial charge >= 0.3 is 11.8 Å². The summed E-state index contributed by atoms with van der Waals surface area (Å²) < 4.78 is 26.6. The molecule has 0 aliphatic carbocycles. The molecule has 136 valence electrons. The van der Waals surface area contributed by atoms with Gasteiger partial charge in [-0.15, -0.1) is 0 Å². The minimum Gasteiger partial charge on any atom is -0.361 e. The van der Waals surface area contributed by atoms with Gasteiger partial charge in [-0.1, -0.05) is 24.3 Å². The second-order valence-electron chi connectivity index (χ2n) is 6.20. The van der Waals surface area contributed by atoms with Gasteiger partial charge in [0.05, 0.1) is 6.04 Å². The van der Waals surface area contributed by atoms with Crippen LogP contribution in [0.2, 0.25) is 0 Å². The molecule has 0 spiro atoms. The summed E-state index contributed by atoms with van der Waals surface area (Å²) in [5.41, 5.74) is 6.79. The highest BCUT2D eigenvalue weighted by Gasteiger charge is 2.29. The molecule has 0 atom stereocenters. The lowest BCUT2D eigenvalue weighted by Gasteiger charge is -2.39. The van der Waals surface area contributed by atoms with Crippen molar-refractivity contribution in [1.82, 2.24) is 9.80 Å². The van der Waals surface area contributed by atoms with E-state index >= 15 is 0 Å². The number of carbonyl (C=O) groups excluding carboxylic acids is 2. The van der Waals surface area contributed by atoms with E-state index in [2.05, 4.69) is 4.90 Å². The summed E-state index contributed by atoms with van der Waals surface area (Å²) in [6, 6.07) is 12.1. The van der Waals surface area contributed by atoms with Crippen molar-refractivity contribution in [3.8, 4) is 0 Å². The topological polar surface area (TPSA) is 66.6 Å². The van der Waals surface area contributed by atoms with E-state index < -0.39 is 11.8 Å². The van der Waals surface area contributed by atoms with Crippen molar-refractivity contribution in [1.29, 1.82) is 0 Å². The van der Waals surface area contributed by atoms with Crippen LogP contribution in [-0.2, 0) is 9.59 Å². The first-order valence-corrected chi connectivity index (χ1v) is 8.29. The molecule has 1 aliphatic rings. The Hall–Kier alpha value is -2.80. The lowest BCUT2D eigenvalue weighted by atomic mass is 9.96. The molecule has 26 heavy (non-hydrogen) atoms. The highest BCUT2D eigenvalue weighted by molar-refractivity contribution is 6.34. The molecule has 2 amide bonds. The van der Waals surface area contributed by atoms with Crippen LogP contribution in [0.4, 0.5) is 8.78 Å². The number of halogens is 2. The average Bonchev–Trinajstić information content (AvgIpc) is 2.65. The predicted molar refractivity (Wildman–Crippen MR) is 92.0 cm³/mol. The van der Waals surface area contributed by atoms with E-state index in [0.717, 1.165) is 11.1 Å². The Kier molecular flexibility index (Phi) is 5.27. The van der Waals surface area contributed by atoms with E-state index in [4.69, 9.17) is 5.73 Å². The highest BCUT2D eigenvalue weighted by atomic mass is 19.1. The maximum Gasteiger partial charge on any atom is 0.311 e. The summed E-state index contributed by atoms with van der Waals surface area (Å²) >= 11 is 0. The molecule has 5 nitrogen and oxygen atoms in total. The zero-order valence-electron chi connectivity index (χ0n) is 14.1. The van der Waals surface area contributed by atoms with Crippen LogP contribution in [0.15, 0.2) is 48.5 Å². The van der Waals surface area contributed by atoms with Crippen molar-refractivity contribution in [2.75, 3.05) is 26.2 Å². The largest absolute Gasteiger partial charge is 0.361 e. The van der Waals surface area contributed by atoms with Gasteiger partial charge in [-0.25, -0.2) is 8.78 Å². The molecule has 2 aromatic carbocycles. The van der Waals surface area contributed by atoms with E-state index in [9.17, 15) is 18.4 Å². The van der Waals surface area contributed by atoms with Crippen LogP contribution in [0, 0.1) is 11.6 Å². The van der Waals surface area contributed by atoms with Crippen LogP contribution < -0.4 is 5.73 Å². The number of amides is 2. The normalized spacial score (nSPS) is 15.3. The molecule has 0 bridgehead atoms. The fraction of sp³-hybridized carbons (Fsp3) is 0.263. The summed E-state index contributed by atoms with van der Waals surface area (Å²) in [4.78, 5) is 26.3. The first-order valence-electron chi connectivity index (χ1n) is 8.29. The van der Waals surface area contributed by atoms with Crippen LogP contribution in [0.3, 0.4) is 0 Å². The third-order valence-corrected chi connectivity index (χ3v) is 4.55. The number of nitrogens with two attached hydrogens (primary N) is 1. The molecule has 2 aromatic rings. The smallest absolute Gasteiger partial charge is 0.311 e. The Balaban J connectivity index is 1.85. The van der Waals surface area contributed by atoms with Crippen LogP contribution in [0.5, 0.6) is 0 Å². The Bertz CT molecular complexity index is 740. The molecular formula is C19H19F2N3O2. The van der Waals surface area contributed by atoms with E-state index in [1.165, 1.54) is 29.2 Å². The van der Waals surface area contributed by atoms with Crippen molar-refractivity contribution in [2.45, 2.75) is 6.04 Å². The number of benzene rings is 2. The third-order valence-electron chi connectivity index (χ3n) is 4.55. The maximum absolute atomic E-state index is 13.3. The van der Waals surface area contributed by atoms with Gasteiger partial charge in [-0.3, -0.25) is 14.5 Å². The molecular weight excluding hydrogens is 340 g/mol. The Labute approximate surface area is 150 Å². The number of rotatable bonds is 3. The maximum atomic E-state index is 13.3. The van der Waals surface area contributed by atoms with Gasteiger partial charge in [-0.2, -0.15) is 0 Å². The zero-order chi connectivity index (χ0) is 18.7. The van der Waals surface area contributed by atoms with E-state index in [1.54, 1.807) is 24.3 Å². The monoisotopic (exact) mass is 359 g/mol. The van der Waals surface area contributed by atoms with Gasteiger partial charge < -0.3 is 10.6 Å².